The smallest absolute Gasteiger partial charge is 0.123 e. The van der Waals surface area contributed by atoms with Gasteiger partial charge in [0.1, 0.15) is 5.82 Å². The minimum atomic E-state index is -0.214. The SMILES string of the molecule is Fc1ccc(-c2cc(Nc3cccnc3)cs2)cc1. The Morgan fingerprint density at radius 2 is 1.89 bits per heavy atom. The number of halogens is 1. The molecular weight excluding hydrogens is 259 g/mol. The number of anilines is 2. The van der Waals surface area contributed by atoms with Crippen molar-refractivity contribution in [2.75, 3.05) is 5.32 Å². The summed E-state index contributed by atoms with van der Waals surface area (Å²) < 4.78 is 12.9. The summed E-state index contributed by atoms with van der Waals surface area (Å²) in [6.45, 7) is 0. The van der Waals surface area contributed by atoms with Crippen LogP contribution >= 0.6 is 11.3 Å². The van der Waals surface area contributed by atoms with Crippen molar-refractivity contribution >= 4 is 22.7 Å². The number of nitrogens with one attached hydrogen (secondary N) is 1. The second-order valence-corrected chi connectivity index (χ2v) is 4.98. The molecule has 2 heterocycles. The summed E-state index contributed by atoms with van der Waals surface area (Å²) in [5, 5.41) is 5.31. The van der Waals surface area contributed by atoms with Gasteiger partial charge < -0.3 is 5.32 Å². The third kappa shape index (κ3) is 2.80. The summed E-state index contributed by atoms with van der Waals surface area (Å²) in [5.41, 5.74) is 2.98. The summed E-state index contributed by atoms with van der Waals surface area (Å²) in [4.78, 5) is 5.16. The molecule has 1 N–H and O–H groups in total. The number of pyridine rings is 1. The Morgan fingerprint density at radius 3 is 2.63 bits per heavy atom. The van der Waals surface area contributed by atoms with Crippen molar-refractivity contribution in [1.82, 2.24) is 4.98 Å². The molecule has 0 bridgehead atoms. The molecule has 0 saturated carbocycles. The largest absolute Gasteiger partial charge is 0.354 e. The van der Waals surface area contributed by atoms with Crippen molar-refractivity contribution in [3.63, 3.8) is 0 Å². The van der Waals surface area contributed by atoms with Crippen LogP contribution in [0.25, 0.3) is 10.4 Å². The second-order valence-electron chi connectivity index (χ2n) is 4.07. The molecule has 1 aromatic carbocycles. The Hall–Kier alpha value is -2.20. The molecule has 3 rings (SSSR count). The molecule has 0 spiro atoms. The van der Waals surface area contributed by atoms with Gasteiger partial charge in [0.2, 0.25) is 0 Å². The molecule has 3 aromatic rings. The summed E-state index contributed by atoms with van der Waals surface area (Å²) in [6.07, 6.45) is 3.51. The van der Waals surface area contributed by atoms with E-state index in [1.54, 1.807) is 35.9 Å². The molecule has 4 heteroatoms. The molecule has 0 aliphatic carbocycles. The number of benzene rings is 1. The van der Waals surface area contributed by atoms with Gasteiger partial charge in [-0.2, -0.15) is 0 Å². The molecule has 2 aromatic heterocycles. The van der Waals surface area contributed by atoms with Gasteiger partial charge in [-0.15, -0.1) is 11.3 Å². The highest BCUT2D eigenvalue weighted by Gasteiger charge is 2.03. The van der Waals surface area contributed by atoms with E-state index in [4.69, 9.17) is 0 Å². The van der Waals surface area contributed by atoms with E-state index < -0.39 is 0 Å². The van der Waals surface area contributed by atoms with Crippen molar-refractivity contribution in [1.29, 1.82) is 0 Å². The van der Waals surface area contributed by atoms with Crippen LogP contribution in [0.3, 0.4) is 0 Å². The number of aromatic nitrogens is 1. The Labute approximate surface area is 114 Å². The zero-order chi connectivity index (χ0) is 13.1. The quantitative estimate of drug-likeness (QED) is 0.746. The van der Waals surface area contributed by atoms with Crippen LogP contribution in [0.4, 0.5) is 15.8 Å². The predicted octanol–water partition coefficient (Wildman–Crippen LogP) is 4.69. The van der Waals surface area contributed by atoms with E-state index in [1.807, 2.05) is 23.6 Å². The van der Waals surface area contributed by atoms with E-state index >= 15 is 0 Å². The molecular formula is C15H11FN2S. The van der Waals surface area contributed by atoms with Gasteiger partial charge in [0.25, 0.3) is 0 Å². The molecule has 0 aliphatic heterocycles. The van der Waals surface area contributed by atoms with Gasteiger partial charge >= 0.3 is 0 Å². The summed E-state index contributed by atoms with van der Waals surface area (Å²) in [7, 11) is 0. The standard InChI is InChI=1S/C15H11FN2S/c16-12-5-3-11(4-6-12)15-8-14(10-19-15)18-13-2-1-7-17-9-13/h1-10,18H. The fraction of sp³-hybridized carbons (Fsp3) is 0. The third-order valence-electron chi connectivity index (χ3n) is 2.68. The Kier molecular flexibility index (Phi) is 3.25. The topological polar surface area (TPSA) is 24.9 Å². The number of rotatable bonds is 3. The lowest BCUT2D eigenvalue weighted by Gasteiger charge is -2.01. The molecule has 19 heavy (non-hydrogen) atoms. The van der Waals surface area contributed by atoms with E-state index in [9.17, 15) is 4.39 Å². The first-order chi connectivity index (χ1) is 9.31. The van der Waals surface area contributed by atoms with Gasteiger partial charge in [0, 0.05) is 22.1 Å². The van der Waals surface area contributed by atoms with Gasteiger partial charge in [0.15, 0.2) is 0 Å². The summed E-state index contributed by atoms with van der Waals surface area (Å²) in [5.74, 6) is -0.214. The molecule has 0 atom stereocenters. The molecule has 0 aliphatic rings. The minimum Gasteiger partial charge on any atom is -0.354 e. The van der Waals surface area contributed by atoms with E-state index in [-0.39, 0.29) is 5.82 Å². The Balaban J connectivity index is 1.82. The first kappa shape index (κ1) is 11.9. The van der Waals surface area contributed by atoms with Crippen LogP contribution < -0.4 is 5.32 Å². The maximum Gasteiger partial charge on any atom is 0.123 e. The van der Waals surface area contributed by atoms with Crippen molar-refractivity contribution in [2.24, 2.45) is 0 Å². The van der Waals surface area contributed by atoms with Gasteiger partial charge in [0.05, 0.1) is 11.9 Å². The first-order valence-corrected chi connectivity index (χ1v) is 6.71. The molecule has 0 unspecified atom stereocenters. The van der Waals surface area contributed by atoms with E-state index in [0.717, 1.165) is 21.8 Å². The number of hydrogen-bond donors (Lipinski definition) is 1. The van der Waals surface area contributed by atoms with Crippen LogP contribution in [0.1, 0.15) is 0 Å². The van der Waals surface area contributed by atoms with Crippen LogP contribution in [-0.2, 0) is 0 Å². The highest BCUT2D eigenvalue weighted by molar-refractivity contribution is 7.14. The van der Waals surface area contributed by atoms with E-state index in [0.29, 0.717) is 0 Å². The van der Waals surface area contributed by atoms with Crippen molar-refractivity contribution < 1.29 is 4.39 Å². The zero-order valence-electron chi connectivity index (χ0n) is 10.0. The first-order valence-electron chi connectivity index (χ1n) is 5.83. The summed E-state index contributed by atoms with van der Waals surface area (Å²) in [6, 6.07) is 12.4. The average Bonchev–Trinajstić information content (AvgIpc) is 2.89. The van der Waals surface area contributed by atoms with Gasteiger partial charge in [-0.1, -0.05) is 12.1 Å². The van der Waals surface area contributed by atoms with Gasteiger partial charge in [-0.3, -0.25) is 4.98 Å². The number of hydrogen-bond acceptors (Lipinski definition) is 3. The normalized spacial score (nSPS) is 10.4. The van der Waals surface area contributed by atoms with E-state index in [1.165, 1.54) is 12.1 Å². The minimum absolute atomic E-state index is 0.214. The van der Waals surface area contributed by atoms with Gasteiger partial charge in [-0.25, -0.2) is 4.39 Å². The molecule has 0 radical (unpaired) electrons. The predicted molar refractivity (Wildman–Crippen MR) is 77.2 cm³/mol. The lowest BCUT2D eigenvalue weighted by molar-refractivity contribution is 0.628. The maximum atomic E-state index is 12.9. The van der Waals surface area contributed by atoms with Crippen molar-refractivity contribution in [3.8, 4) is 10.4 Å². The Morgan fingerprint density at radius 1 is 1.05 bits per heavy atom. The lowest BCUT2D eigenvalue weighted by atomic mass is 10.2. The maximum absolute atomic E-state index is 12.9. The summed E-state index contributed by atoms with van der Waals surface area (Å²) >= 11 is 1.62. The van der Waals surface area contributed by atoms with Crippen LogP contribution in [-0.4, -0.2) is 4.98 Å². The van der Waals surface area contributed by atoms with Crippen LogP contribution in [0.2, 0.25) is 0 Å². The van der Waals surface area contributed by atoms with E-state index in [2.05, 4.69) is 10.3 Å². The molecule has 0 saturated heterocycles. The average molecular weight is 270 g/mol. The monoisotopic (exact) mass is 270 g/mol. The third-order valence-corrected chi connectivity index (χ3v) is 3.66. The van der Waals surface area contributed by atoms with Crippen molar-refractivity contribution in [2.45, 2.75) is 0 Å². The van der Waals surface area contributed by atoms with Crippen LogP contribution in [0.15, 0.2) is 60.2 Å². The second kappa shape index (κ2) is 5.20. The van der Waals surface area contributed by atoms with Crippen molar-refractivity contribution in [3.05, 3.63) is 66.1 Å². The molecule has 94 valence electrons. The molecule has 2 nitrogen and oxygen atoms in total. The molecule has 0 fully saturated rings. The lowest BCUT2D eigenvalue weighted by Crippen LogP contribution is -1.87. The number of thiophene rings is 1. The van der Waals surface area contributed by atoms with Gasteiger partial charge in [-0.05, 0) is 35.9 Å². The Bertz CT molecular complexity index is 662. The van der Waals surface area contributed by atoms with Crippen LogP contribution in [0.5, 0.6) is 0 Å². The van der Waals surface area contributed by atoms with Crippen LogP contribution in [0, 0.1) is 5.82 Å². The highest BCUT2D eigenvalue weighted by atomic mass is 32.1. The zero-order valence-corrected chi connectivity index (χ0v) is 10.8. The molecule has 0 amide bonds. The fourth-order valence-corrected chi connectivity index (χ4v) is 2.62. The highest BCUT2D eigenvalue weighted by Crippen LogP contribution is 2.31. The fourth-order valence-electron chi connectivity index (χ4n) is 1.77. The number of nitrogens with zero attached hydrogens (tertiary/aromatic N) is 1.